The van der Waals surface area contributed by atoms with E-state index in [9.17, 15) is 31.1 Å². The van der Waals surface area contributed by atoms with Gasteiger partial charge in [0.15, 0.2) is 0 Å². The number of halogens is 6. The Morgan fingerprint density at radius 3 is 2.41 bits per heavy atom. The van der Waals surface area contributed by atoms with Gasteiger partial charge in [0.05, 0.1) is 29.2 Å². The zero-order valence-corrected chi connectivity index (χ0v) is 19.5. The first-order valence-electron chi connectivity index (χ1n) is 11.2. The molecule has 1 atom stereocenters. The van der Waals surface area contributed by atoms with Gasteiger partial charge in [0.2, 0.25) is 11.7 Å². The molecule has 1 unspecified atom stereocenters. The molecule has 204 valence electrons. The highest BCUT2D eigenvalue weighted by Crippen LogP contribution is 2.37. The minimum absolute atomic E-state index is 0.0703. The number of amides is 1. The molecule has 2 aromatic heterocycles. The second-order valence-corrected chi connectivity index (χ2v) is 8.20. The van der Waals surface area contributed by atoms with Crippen LogP contribution in [0.3, 0.4) is 0 Å². The number of rotatable bonds is 6. The molecule has 0 aliphatic carbocycles. The van der Waals surface area contributed by atoms with Crippen molar-refractivity contribution in [1.82, 2.24) is 30.0 Å². The number of carbonyl (C=O) groups excluding carboxylic acids is 1. The molecule has 4 aromatic rings. The van der Waals surface area contributed by atoms with Crippen molar-refractivity contribution < 1.29 is 45.1 Å². The molecule has 3 heterocycles. The maximum Gasteiger partial charge on any atom is 0.573 e. The minimum Gasteiger partial charge on any atom is -0.406 e. The molecule has 1 aliphatic heterocycles. The molecule has 0 saturated carbocycles. The first-order chi connectivity index (χ1) is 18.5. The summed E-state index contributed by atoms with van der Waals surface area (Å²) in [5.41, 5.74) is -0.192. The van der Waals surface area contributed by atoms with Crippen molar-refractivity contribution in [2.75, 3.05) is 6.54 Å². The number of alkyl halides is 6. The van der Waals surface area contributed by atoms with Crippen LogP contribution >= 0.6 is 0 Å². The maximum atomic E-state index is 13.6. The van der Waals surface area contributed by atoms with Crippen molar-refractivity contribution in [3.63, 3.8) is 0 Å². The number of carbonyl (C=O) groups is 1. The van der Waals surface area contributed by atoms with Crippen molar-refractivity contribution in [2.24, 2.45) is 0 Å². The normalized spacial score (nSPS) is 15.9. The standard InChI is InChI=1S/C23H16F6N6O4/c24-22(25,26)37-13-7-8-16(35-30-9-10-31-35)15(12-13)21(36)34-11-3-5-17(34)20-32-19(33-39-20)14-4-1-2-6-18(14)38-23(27,28)29/h1-2,4,6-10,12,17H,3,5,11H2. The van der Waals surface area contributed by atoms with Gasteiger partial charge in [0, 0.05) is 6.54 Å². The lowest BCUT2D eigenvalue weighted by molar-refractivity contribution is -0.275. The molecule has 16 heteroatoms. The number of para-hydroxylation sites is 1. The topological polar surface area (TPSA) is 108 Å². The Hall–Kier alpha value is -4.63. The molecule has 1 aliphatic rings. The van der Waals surface area contributed by atoms with Crippen LogP contribution in [0, 0.1) is 0 Å². The number of hydrogen-bond acceptors (Lipinski definition) is 8. The number of ether oxygens (including phenoxy) is 2. The molecular formula is C23H16F6N6O4. The average molecular weight is 554 g/mol. The first kappa shape index (κ1) is 26.0. The van der Waals surface area contributed by atoms with Gasteiger partial charge in [-0.2, -0.15) is 20.0 Å². The summed E-state index contributed by atoms with van der Waals surface area (Å²) >= 11 is 0. The fourth-order valence-corrected chi connectivity index (χ4v) is 4.16. The van der Waals surface area contributed by atoms with Crippen LogP contribution in [0.2, 0.25) is 0 Å². The van der Waals surface area contributed by atoms with Crippen molar-refractivity contribution in [3.05, 3.63) is 66.3 Å². The minimum atomic E-state index is -4.99. The quantitative estimate of drug-likeness (QED) is 0.303. The molecule has 0 radical (unpaired) electrons. The largest absolute Gasteiger partial charge is 0.573 e. The van der Waals surface area contributed by atoms with E-state index in [0.29, 0.717) is 12.8 Å². The number of hydrogen-bond donors (Lipinski definition) is 0. The second kappa shape index (κ2) is 9.92. The van der Waals surface area contributed by atoms with Gasteiger partial charge >= 0.3 is 12.7 Å². The van der Waals surface area contributed by atoms with E-state index in [1.807, 2.05) is 0 Å². The van der Waals surface area contributed by atoms with E-state index < -0.39 is 36.2 Å². The Labute approximate surface area is 214 Å². The molecule has 1 saturated heterocycles. The summed E-state index contributed by atoms with van der Waals surface area (Å²) < 4.78 is 90.4. The van der Waals surface area contributed by atoms with E-state index in [1.54, 1.807) is 0 Å². The zero-order chi connectivity index (χ0) is 27.8. The van der Waals surface area contributed by atoms with E-state index in [4.69, 9.17) is 4.52 Å². The zero-order valence-electron chi connectivity index (χ0n) is 19.5. The van der Waals surface area contributed by atoms with Gasteiger partial charge < -0.3 is 18.9 Å². The summed E-state index contributed by atoms with van der Waals surface area (Å²) in [5, 5.41) is 11.7. The predicted molar refractivity (Wildman–Crippen MR) is 117 cm³/mol. The van der Waals surface area contributed by atoms with Gasteiger partial charge in [-0.3, -0.25) is 4.79 Å². The van der Waals surface area contributed by atoms with Gasteiger partial charge in [-0.25, -0.2) is 0 Å². The molecule has 5 rings (SSSR count). The number of nitrogens with zero attached hydrogens (tertiary/aromatic N) is 6. The van der Waals surface area contributed by atoms with Crippen molar-refractivity contribution >= 4 is 5.91 Å². The molecule has 0 bridgehead atoms. The molecule has 10 nitrogen and oxygen atoms in total. The monoisotopic (exact) mass is 554 g/mol. The van der Waals surface area contributed by atoms with Crippen molar-refractivity contribution in [1.29, 1.82) is 0 Å². The molecule has 0 N–H and O–H groups in total. The third-order valence-corrected chi connectivity index (χ3v) is 5.66. The average Bonchev–Trinajstić information content (AvgIpc) is 3.63. The van der Waals surface area contributed by atoms with Crippen LogP contribution in [0.25, 0.3) is 17.1 Å². The predicted octanol–water partition coefficient (Wildman–Crippen LogP) is 5.09. The Balaban J connectivity index is 1.47. The molecule has 1 fully saturated rings. The highest BCUT2D eigenvalue weighted by molar-refractivity contribution is 5.98. The molecular weight excluding hydrogens is 538 g/mol. The van der Waals surface area contributed by atoms with Gasteiger partial charge in [0.25, 0.3) is 5.91 Å². The number of likely N-dealkylation sites (tertiary alicyclic amines) is 1. The Bertz CT molecular complexity index is 1470. The van der Waals surface area contributed by atoms with Crippen LogP contribution in [0.1, 0.15) is 35.1 Å². The first-order valence-corrected chi connectivity index (χ1v) is 11.2. The van der Waals surface area contributed by atoms with Crippen LogP contribution in [-0.4, -0.2) is 55.2 Å². The summed E-state index contributed by atoms with van der Waals surface area (Å²) in [6, 6.07) is 7.55. The van der Waals surface area contributed by atoms with Crippen LogP contribution in [0.15, 0.2) is 59.4 Å². The molecule has 1 amide bonds. The summed E-state index contributed by atoms with van der Waals surface area (Å²) in [5.74, 6) is -2.14. The number of benzene rings is 2. The Morgan fingerprint density at radius 2 is 1.69 bits per heavy atom. The lowest BCUT2D eigenvalue weighted by Gasteiger charge is -2.23. The van der Waals surface area contributed by atoms with E-state index in [1.165, 1.54) is 41.6 Å². The van der Waals surface area contributed by atoms with E-state index in [-0.39, 0.29) is 35.1 Å². The fourth-order valence-electron chi connectivity index (χ4n) is 4.16. The van der Waals surface area contributed by atoms with Gasteiger partial charge in [-0.15, -0.1) is 26.3 Å². The van der Waals surface area contributed by atoms with Crippen LogP contribution in [0.5, 0.6) is 11.5 Å². The fraction of sp³-hybridized carbons (Fsp3) is 0.261. The Morgan fingerprint density at radius 1 is 0.974 bits per heavy atom. The second-order valence-electron chi connectivity index (χ2n) is 8.20. The van der Waals surface area contributed by atoms with Gasteiger partial charge in [0.1, 0.15) is 17.5 Å². The Kier molecular flexibility index (Phi) is 6.61. The van der Waals surface area contributed by atoms with Crippen LogP contribution in [-0.2, 0) is 0 Å². The van der Waals surface area contributed by atoms with E-state index in [2.05, 4.69) is 29.8 Å². The third kappa shape index (κ3) is 5.78. The summed E-state index contributed by atoms with van der Waals surface area (Å²) in [4.78, 5) is 20.2. The van der Waals surface area contributed by atoms with Crippen LogP contribution in [0.4, 0.5) is 26.3 Å². The number of aromatic nitrogens is 5. The van der Waals surface area contributed by atoms with Gasteiger partial charge in [-0.05, 0) is 43.2 Å². The highest BCUT2D eigenvalue weighted by atomic mass is 19.4. The smallest absolute Gasteiger partial charge is 0.406 e. The third-order valence-electron chi connectivity index (χ3n) is 5.66. The van der Waals surface area contributed by atoms with Crippen molar-refractivity contribution in [3.8, 4) is 28.6 Å². The van der Waals surface area contributed by atoms with E-state index in [0.717, 1.165) is 23.0 Å². The molecule has 0 spiro atoms. The highest BCUT2D eigenvalue weighted by Gasteiger charge is 2.38. The summed E-state index contributed by atoms with van der Waals surface area (Å²) in [6.07, 6.45) is -6.46. The maximum absolute atomic E-state index is 13.6. The SMILES string of the molecule is O=C(c1cc(OC(F)(F)F)ccc1-n1nccn1)N1CCCC1c1nc(-c2ccccc2OC(F)(F)F)no1. The van der Waals surface area contributed by atoms with Crippen LogP contribution < -0.4 is 9.47 Å². The summed E-state index contributed by atoms with van der Waals surface area (Å²) in [6.45, 7) is 0.186. The lowest BCUT2D eigenvalue weighted by Crippen LogP contribution is -2.32. The van der Waals surface area contributed by atoms with Gasteiger partial charge in [-0.1, -0.05) is 17.3 Å². The van der Waals surface area contributed by atoms with Crippen molar-refractivity contribution in [2.45, 2.75) is 31.6 Å². The van der Waals surface area contributed by atoms with E-state index >= 15 is 0 Å². The summed E-state index contributed by atoms with van der Waals surface area (Å²) in [7, 11) is 0. The lowest BCUT2D eigenvalue weighted by atomic mass is 10.1. The molecule has 39 heavy (non-hydrogen) atoms. The molecule has 2 aromatic carbocycles.